The van der Waals surface area contributed by atoms with Crippen LogP contribution in [0.4, 0.5) is 0 Å². The van der Waals surface area contributed by atoms with Crippen molar-refractivity contribution in [2.24, 2.45) is 0 Å². The predicted molar refractivity (Wildman–Crippen MR) is 86.9 cm³/mol. The number of hydrogen-bond acceptors (Lipinski definition) is 5. The van der Waals surface area contributed by atoms with Crippen molar-refractivity contribution in [3.63, 3.8) is 0 Å². The minimum absolute atomic E-state index is 0.306. The fraction of sp³-hybridized carbons (Fsp3) is 0.500. The number of benzene rings is 1. The zero-order valence-corrected chi connectivity index (χ0v) is 13.5. The number of morpholine rings is 1. The summed E-state index contributed by atoms with van der Waals surface area (Å²) in [6.07, 6.45) is 0.306. The first kappa shape index (κ1) is 14.9. The molecular formula is C18H23N3O2. The summed E-state index contributed by atoms with van der Waals surface area (Å²) >= 11 is 0. The first-order chi connectivity index (χ1) is 11.3. The van der Waals surface area contributed by atoms with E-state index in [-0.39, 0.29) is 0 Å². The van der Waals surface area contributed by atoms with E-state index in [1.165, 1.54) is 5.56 Å². The fourth-order valence-corrected chi connectivity index (χ4v) is 3.70. The van der Waals surface area contributed by atoms with Gasteiger partial charge in [0.1, 0.15) is 5.76 Å². The average molecular weight is 313 g/mol. The molecule has 1 aromatic carbocycles. The molecule has 0 unspecified atom stereocenters. The van der Waals surface area contributed by atoms with Gasteiger partial charge in [-0.15, -0.1) is 0 Å². The molecule has 4 rings (SSSR count). The molecule has 2 aromatic rings. The molecule has 122 valence electrons. The summed E-state index contributed by atoms with van der Waals surface area (Å²) in [5.41, 5.74) is 2.38. The third-order valence-electron chi connectivity index (χ3n) is 4.78. The van der Waals surface area contributed by atoms with Crippen molar-refractivity contribution in [1.29, 1.82) is 0 Å². The van der Waals surface area contributed by atoms with Crippen molar-refractivity contribution >= 4 is 0 Å². The molecule has 0 spiro atoms. The largest absolute Gasteiger partial charge is 0.374 e. The van der Waals surface area contributed by atoms with Gasteiger partial charge in [0.25, 0.3) is 0 Å². The molecule has 2 aliphatic heterocycles. The molecule has 0 saturated carbocycles. The van der Waals surface area contributed by atoms with E-state index in [1.807, 2.05) is 13.0 Å². The molecule has 5 heteroatoms. The number of nitrogens with zero attached hydrogens (tertiary/aromatic N) is 3. The molecular weight excluding hydrogens is 290 g/mol. The lowest BCUT2D eigenvalue weighted by molar-refractivity contribution is -0.0504. The van der Waals surface area contributed by atoms with Gasteiger partial charge in [-0.1, -0.05) is 35.5 Å². The van der Waals surface area contributed by atoms with Gasteiger partial charge in [-0.3, -0.25) is 9.80 Å². The molecule has 1 aromatic heterocycles. The number of hydrogen-bond donors (Lipinski definition) is 0. The molecule has 0 bridgehead atoms. The standard InChI is InChI=1S/C18H23N3O2/c1-14-9-16(19-23-14)11-20-12-17-18(13-20)22-8-7-21(17)10-15-5-3-2-4-6-15/h2-6,9,17-18H,7-8,10-13H2,1H3/t17-,18-/m0/s1. The normalized spacial score (nSPS) is 25.6. The minimum Gasteiger partial charge on any atom is -0.374 e. The van der Waals surface area contributed by atoms with Crippen LogP contribution in [0.15, 0.2) is 40.9 Å². The predicted octanol–water partition coefficient (Wildman–Crippen LogP) is 2.07. The van der Waals surface area contributed by atoms with Crippen LogP contribution in [0.25, 0.3) is 0 Å². The molecule has 2 aliphatic rings. The van der Waals surface area contributed by atoms with Gasteiger partial charge >= 0.3 is 0 Å². The summed E-state index contributed by atoms with van der Waals surface area (Å²) < 4.78 is 11.2. The molecule has 0 aliphatic carbocycles. The highest BCUT2D eigenvalue weighted by atomic mass is 16.5. The highest BCUT2D eigenvalue weighted by molar-refractivity contribution is 5.15. The van der Waals surface area contributed by atoms with E-state index in [4.69, 9.17) is 9.26 Å². The van der Waals surface area contributed by atoms with Crippen molar-refractivity contribution in [2.75, 3.05) is 26.2 Å². The Morgan fingerprint density at radius 1 is 1.17 bits per heavy atom. The lowest BCUT2D eigenvalue weighted by Crippen LogP contribution is -2.50. The van der Waals surface area contributed by atoms with Crippen LogP contribution < -0.4 is 0 Å². The van der Waals surface area contributed by atoms with Gasteiger partial charge in [0.2, 0.25) is 0 Å². The van der Waals surface area contributed by atoms with Crippen molar-refractivity contribution in [3.8, 4) is 0 Å². The molecule has 0 amide bonds. The SMILES string of the molecule is Cc1cc(CN2C[C@@H]3OCCN(Cc4ccccc4)[C@H]3C2)no1. The smallest absolute Gasteiger partial charge is 0.133 e. The average Bonchev–Trinajstić information content (AvgIpc) is 3.15. The lowest BCUT2D eigenvalue weighted by Gasteiger charge is -2.37. The molecule has 0 N–H and O–H groups in total. The van der Waals surface area contributed by atoms with Crippen molar-refractivity contribution in [2.45, 2.75) is 32.2 Å². The zero-order valence-electron chi connectivity index (χ0n) is 13.5. The van der Waals surface area contributed by atoms with E-state index in [0.29, 0.717) is 12.1 Å². The minimum atomic E-state index is 0.306. The van der Waals surface area contributed by atoms with Gasteiger partial charge < -0.3 is 9.26 Å². The molecule has 23 heavy (non-hydrogen) atoms. The van der Waals surface area contributed by atoms with E-state index < -0.39 is 0 Å². The number of aromatic nitrogens is 1. The Balaban J connectivity index is 1.42. The lowest BCUT2D eigenvalue weighted by atomic mass is 10.1. The Morgan fingerprint density at radius 3 is 2.83 bits per heavy atom. The molecule has 2 fully saturated rings. The summed E-state index contributed by atoms with van der Waals surface area (Å²) in [6.45, 7) is 7.61. The Bertz CT molecular complexity index is 643. The highest BCUT2D eigenvalue weighted by Gasteiger charge is 2.40. The summed E-state index contributed by atoms with van der Waals surface area (Å²) in [5, 5.41) is 4.11. The zero-order chi connectivity index (χ0) is 15.6. The summed E-state index contributed by atoms with van der Waals surface area (Å²) in [7, 11) is 0. The van der Waals surface area contributed by atoms with Gasteiger partial charge in [-0.2, -0.15) is 0 Å². The topological polar surface area (TPSA) is 41.7 Å². The van der Waals surface area contributed by atoms with Crippen molar-refractivity contribution in [1.82, 2.24) is 15.0 Å². The van der Waals surface area contributed by atoms with E-state index in [2.05, 4.69) is 45.3 Å². The Kier molecular flexibility index (Phi) is 4.16. The number of likely N-dealkylation sites (tertiary alicyclic amines) is 1. The van der Waals surface area contributed by atoms with Gasteiger partial charge in [-0.05, 0) is 12.5 Å². The first-order valence-corrected chi connectivity index (χ1v) is 8.32. The Morgan fingerprint density at radius 2 is 2.04 bits per heavy atom. The maximum absolute atomic E-state index is 6.02. The Labute approximate surface area is 136 Å². The van der Waals surface area contributed by atoms with Crippen LogP contribution in [0.3, 0.4) is 0 Å². The quantitative estimate of drug-likeness (QED) is 0.864. The molecule has 5 nitrogen and oxygen atoms in total. The molecule has 0 radical (unpaired) electrons. The van der Waals surface area contributed by atoms with Crippen LogP contribution >= 0.6 is 0 Å². The number of rotatable bonds is 4. The van der Waals surface area contributed by atoms with E-state index >= 15 is 0 Å². The highest BCUT2D eigenvalue weighted by Crippen LogP contribution is 2.25. The van der Waals surface area contributed by atoms with Crippen LogP contribution in [-0.4, -0.2) is 53.3 Å². The monoisotopic (exact) mass is 313 g/mol. The van der Waals surface area contributed by atoms with E-state index in [9.17, 15) is 0 Å². The van der Waals surface area contributed by atoms with E-state index in [1.54, 1.807) is 0 Å². The summed E-state index contributed by atoms with van der Waals surface area (Å²) in [4.78, 5) is 4.99. The van der Waals surface area contributed by atoms with Gasteiger partial charge in [0.15, 0.2) is 0 Å². The number of aryl methyl sites for hydroxylation is 1. The number of ether oxygens (including phenoxy) is 1. The van der Waals surface area contributed by atoms with Gasteiger partial charge in [0.05, 0.1) is 24.4 Å². The third-order valence-corrected chi connectivity index (χ3v) is 4.78. The van der Waals surface area contributed by atoms with Crippen LogP contribution in [0, 0.1) is 6.92 Å². The Hall–Kier alpha value is -1.69. The molecule has 2 saturated heterocycles. The molecule has 3 heterocycles. The van der Waals surface area contributed by atoms with Gasteiger partial charge in [0, 0.05) is 38.8 Å². The van der Waals surface area contributed by atoms with Crippen LogP contribution in [-0.2, 0) is 17.8 Å². The third kappa shape index (κ3) is 3.32. The second-order valence-electron chi connectivity index (χ2n) is 6.56. The van der Waals surface area contributed by atoms with Crippen molar-refractivity contribution in [3.05, 3.63) is 53.4 Å². The summed E-state index contributed by atoms with van der Waals surface area (Å²) in [5.74, 6) is 0.874. The second kappa shape index (κ2) is 6.43. The maximum Gasteiger partial charge on any atom is 0.133 e. The van der Waals surface area contributed by atoms with Gasteiger partial charge in [-0.25, -0.2) is 0 Å². The van der Waals surface area contributed by atoms with Crippen molar-refractivity contribution < 1.29 is 9.26 Å². The van der Waals surface area contributed by atoms with Crippen LogP contribution in [0.2, 0.25) is 0 Å². The van der Waals surface area contributed by atoms with E-state index in [0.717, 1.165) is 50.8 Å². The summed E-state index contributed by atoms with van der Waals surface area (Å²) in [6, 6.07) is 13.2. The first-order valence-electron chi connectivity index (χ1n) is 8.32. The fourth-order valence-electron chi connectivity index (χ4n) is 3.70. The van der Waals surface area contributed by atoms with Crippen LogP contribution in [0.5, 0.6) is 0 Å². The second-order valence-corrected chi connectivity index (χ2v) is 6.56. The molecule has 2 atom stereocenters. The van der Waals surface area contributed by atoms with Crippen LogP contribution in [0.1, 0.15) is 17.0 Å². The number of fused-ring (bicyclic) bond motifs is 1. The maximum atomic E-state index is 6.02.